The molecule has 1 atom stereocenters. The fourth-order valence-corrected chi connectivity index (χ4v) is 6.97. The van der Waals surface area contributed by atoms with E-state index in [4.69, 9.17) is 0 Å². The molecule has 1 aliphatic heterocycles. The van der Waals surface area contributed by atoms with E-state index in [2.05, 4.69) is 5.32 Å². The summed E-state index contributed by atoms with van der Waals surface area (Å²) in [5.41, 5.74) is 4.44. The number of amides is 3. The molecule has 0 bridgehead atoms. The Balaban J connectivity index is 1.78. The minimum absolute atomic E-state index is 0.0615. The van der Waals surface area contributed by atoms with Crippen LogP contribution in [0.4, 0.5) is 11.4 Å². The van der Waals surface area contributed by atoms with Gasteiger partial charge in [0.25, 0.3) is 5.91 Å². The largest absolute Gasteiger partial charge is 0.326 e. The second-order valence-corrected chi connectivity index (χ2v) is 11.5. The molecular weight excluding hydrogens is 502 g/mol. The predicted octanol–water partition coefficient (Wildman–Crippen LogP) is 4.40. The normalized spacial score (nSPS) is 15.8. The molecule has 3 aromatic carbocycles. The van der Waals surface area contributed by atoms with Gasteiger partial charge in [0.2, 0.25) is 21.8 Å². The monoisotopic (exact) mass is 533 g/mol. The Morgan fingerprint density at radius 2 is 1.53 bits per heavy atom. The maximum atomic E-state index is 14.3. The van der Waals surface area contributed by atoms with E-state index in [1.807, 2.05) is 26.0 Å². The molecule has 4 rings (SSSR count). The molecule has 9 heteroatoms. The molecule has 0 spiro atoms. The summed E-state index contributed by atoms with van der Waals surface area (Å²) in [5, 5.41) is 2.64. The maximum Gasteiger partial charge on any atom is 0.252 e. The lowest BCUT2D eigenvalue weighted by Gasteiger charge is -2.29. The molecule has 1 heterocycles. The average Bonchev–Trinajstić information content (AvgIpc) is 3.15. The zero-order chi connectivity index (χ0) is 27.8. The summed E-state index contributed by atoms with van der Waals surface area (Å²) < 4.78 is 29.8. The van der Waals surface area contributed by atoms with Crippen molar-refractivity contribution in [3.63, 3.8) is 0 Å². The molecule has 3 aromatic rings. The van der Waals surface area contributed by atoms with E-state index in [-0.39, 0.29) is 23.8 Å². The number of hydrogen-bond acceptors (Lipinski definition) is 5. The van der Waals surface area contributed by atoms with Crippen LogP contribution in [0.3, 0.4) is 0 Å². The van der Waals surface area contributed by atoms with Gasteiger partial charge in [-0.15, -0.1) is 0 Å². The van der Waals surface area contributed by atoms with Gasteiger partial charge in [-0.1, -0.05) is 36.4 Å². The second kappa shape index (κ2) is 10.5. The summed E-state index contributed by atoms with van der Waals surface area (Å²) in [7, 11) is -4.19. The van der Waals surface area contributed by atoms with Crippen molar-refractivity contribution in [3.05, 3.63) is 88.5 Å². The molecule has 0 aromatic heterocycles. The summed E-state index contributed by atoms with van der Waals surface area (Å²) in [6.07, 6.45) is -0.277. The fourth-order valence-electron chi connectivity index (χ4n) is 4.82. The van der Waals surface area contributed by atoms with Gasteiger partial charge in [0, 0.05) is 19.2 Å². The first kappa shape index (κ1) is 27.2. The average molecular weight is 534 g/mol. The molecule has 1 aliphatic rings. The molecule has 198 valence electrons. The second-order valence-electron chi connectivity index (χ2n) is 9.64. The topological polar surface area (TPSA) is 104 Å². The van der Waals surface area contributed by atoms with E-state index in [0.29, 0.717) is 28.1 Å². The van der Waals surface area contributed by atoms with Crippen molar-refractivity contribution in [2.24, 2.45) is 0 Å². The van der Waals surface area contributed by atoms with Crippen molar-refractivity contribution in [2.45, 2.75) is 58.5 Å². The lowest BCUT2D eigenvalue weighted by atomic mass is 10.0. The van der Waals surface area contributed by atoms with Gasteiger partial charge in [-0.25, -0.2) is 13.3 Å². The van der Waals surface area contributed by atoms with Crippen LogP contribution in [-0.4, -0.2) is 36.5 Å². The van der Waals surface area contributed by atoms with Crippen molar-refractivity contribution >= 4 is 39.1 Å². The summed E-state index contributed by atoms with van der Waals surface area (Å²) in [6.45, 7) is 8.57. The van der Waals surface area contributed by atoms with Gasteiger partial charge in [0.15, 0.2) is 0 Å². The van der Waals surface area contributed by atoms with Crippen LogP contribution >= 0.6 is 0 Å². The molecule has 0 saturated carbocycles. The Morgan fingerprint density at radius 1 is 0.947 bits per heavy atom. The fraction of sp³-hybridized carbons (Fsp3) is 0.276. The molecule has 0 aliphatic carbocycles. The Morgan fingerprint density at radius 3 is 2.08 bits per heavy atom. The van der Waals surface area contributed by atoms with E-state index < -0.39 is 27.9 Å². The third-order valence-corrected chi connectivity index (χ3v) is 9.09. The summed E-state index contributed by atoms with van der Waals surface area (Å²) in [5.74, 6) is -1.35. The SMILES string of the molecule is CC(=O)Nc1ccc(N2C(=O)CC(N(Cc3ccccc3)S(=O)(=O)c3c(C)c(C)cc(C)c3C)C2=O)cc1. The minimum Gasteiger partial charge on any atom is -0.326 e. The number of carbonyl (C=O) groups excluding carboxylic acids is 3. The molecule has 1 N–H and O–H groups in total. The van der Waals surface area contributed by atoms with E-state index in [1.165, 1.54) is 11.2 Å². The highest BCUT2D eigenvalue weighted by atomic mass is 32.2. The third-order valence-electron chi connectivity index (χ3n) is 6.96. The summed E-state index contributed by atoms with van der Waals surface area (Å²) in [4.78, 5) is 39.4. The van der Waals surface area contributed by atoms with Crippen LogP contribution in [0.5, 0.6) is 0 Å². The standard InChI is InChI=1S/C29H31N3O5S/c1-18-15-19(2)21(4)28(20(18)3)38(36,37)31(17-23-9-7-6-8-10-23)26-16-27(34)32(29(26)35)25-13-11-24(12-14-25)30-22(5)33/h6-15,26H,16-17H2,1-5H3,(H,30,33). The number of rotatable bonds is 7. The zero-order valence-electron chi connectivity index (χ0n) is 22.1. The van der Waals surface area contributed by atoms with Crippen LogP contribution in [-0.2, 0) is 31.0 Å². The molecule has 38 heavy (non-hydrogen) atoms. The number of nitrogens with one attached hydrogen (secondary N) is 1. The van der Waals surface area contributed by atoms with E-state index in [9.17, 15) is 22.8 Å². The maximum absolute atomic E-state index is 14.3. The predicted molar refractivity (Wildman–Crippen MR) is 146 cm³/mol. The number of nitrogens with zero attached hydrogens (tertiary/aromatic N) is 2. The van der Waals surface area contributed by atoms with Gasteiger partial charge in [0.1, 0.15) is 6.04 Å². The van der Waals surface area contributed by atoms with Crippen LogP contribution in [0.2, 0.25) is 0 Å². The van der Waals surface area contributed by atoms with Gasteiger partial charge in [-0.3, -0.25) is 14.4 Å². The van der Waals surface area contributed by atoms with Crippen LogP contribution in [0.15, 0.2) is 65.6 Å². The Bertz CT molecular complexity index is 1490. The molecule has 8 nitrogen and oxygen atoms in total. The summed E-state index contributed by atoms with van der Waals surface area (Å²) >= 11 is 0. The number of anilines is 2. The Kier molecular flexibility index (Phi) is 7.53. The minimum atomic E-state index is -4.19. The lowest BCUT2D eigenvalue weighted by molar-refractivity contribution is -0.122. The summed E-state index contributed by atoms with van der Waals surface area (Å²) in [6, 6.07) is 16.1. The van der Waals surface area contributed by atoms with Crippen LogP contribution < -0.4 is 10.2 Å². The van der Waals surface area contributed by atoms with Gasteiger partial charge < -0.3 is 5.32 Å². The van der Waals surface area contributed by atoms with E-state index in [0.717, 1.165) is 16.0 Å². The third kappa shape index (κ3) is 5.12. The quantitative estimate of drug-likeness (QED) is 0.454. The van der Waals surface area contributed by atoms with Gasteiger partial charge in [0.05, 0.1) is 17.0 Å². The number of imide groups is 1. The number of carbonyl (C=O) groups is 3. The Labute approximate surface area is 223 Å². The highest BCUT2D eigenvalue weighted by Crippen LogP contribution is 2.34. The molecule has 0 radical (unpaired) electrons. The highest BCUT2D eigenvalue weighted by molar-refractivity contribution is 7.89. The van der Waals surface area contributed by atoms with Crippen molar-refractivity contribution in [2.75, 3.05) is 10.2 Å². The van der Waals surface area contributed by atoms with Gasteiger partial charge in [-0.2, -0.15) is 4.31 Å². The Hall–Kier alpha value is -3.82. The highest BCUT2D eigenvalue weighted by Gasteiger charge is 2.47. The molecule has 1 saturated heterocycles. The van der Waals surface area contributed by atoms with Crippen LogP contribution in [0.25, 0.3) is 0 Å². The van der Waals surface area contributed by atoms with Crippen molar-refractivity contribution in [1.82, 2.24) is 4.31 Å². The van der Waals surface area contributed by atoms with Crippen molar-refractivity contribution in [3.8, 4) is 0 Å². The zero-order valence-corrected chi connectivity index (χ0v) is 22.9. The molecule has 3 amide bonds. The van der Waals surface area contributed by atoms with E-state index in [1.54, 1.807) is 62.4 Å². The van der Waals surface area contributed by atoms with Gasteiger partial charge in [-0.05, 0) is 79.8 Å². The molecule has 1 unspecified atom stereocenters. The van der Waals surface area contributed by atoms with Crippen LogP contribution in [0, 0.1) is 27.7 Å². The van der Waals surface area contributed by atoms with Crippen molar-refractivity contribution in [1.29, 1.82) is 0 Å². The molecule has 1 fully saturated rings. The first-order valence-corrected chi connectivity index (χ1v) is 13.7. The first-order valence-electron chi connectivity index (χ1n) is 12.3. The van der Waals surface area contributed by atoms with Gasteiger partial charge >= 0.3 is 0 Å². The number of aryl methyl sites for hydroxylation is 2. The first-order chi connectivity index (χ1) is 17.9. The smallest absolute Gasteiger partial charge is 0.252 e. The number of hydrogen-bond donors (Lipinski definition) is 1. The number of benzene rings is 3. The lowest BCUT2D eigenvalue weighted by Crippen LogP contribution is -2.45. The van der Waals surface area contributed by atoms with Crippen molar-refractivity contribution < 1.29 is 22.8 Å². The number of sulfonamides is 1. The molecular formula is C29H31N3O5S. The van der Waals surface area contributed by atoms with E-state index >= 15 is 0 Å². The van der Waals surface area contributed by atoms with Crippen LogP contribution in [0.1, 0.15) is 41.2 Å².